The third kappa shape index (κ3) is 3.13. The highest BCUT2D eigenvalue weighted by atomic mass is 32.1. The van der Waals surface area contributed by atoms with Crippen molar-refractivity contribution in [3.05, 3.63) is 46.7 Å². The number of carbonyl (C=O) groups is 1. The summed E-state index contributed by atoms with van der Waals surface area (Å²) in [4.78, 5) is 23.5. The smallest absolute Gasteiger partial charge is 0.265 e. The number of carbonyl (C=O) groups excluding carboxylic acids is 1. The van der Waals surface area contributed by atoms with Crippen LogP contribution in [0.25, 0.3) is 10.8 Å². The Morgan fingerprint density at radius 1 is 1.38 bits per heavy atom. The molecule has 0 bridgehead atoms. The van der Waals surface area contributed by atoms with Crippen LogP contribution in [0.3, 0.4) is 0 Å². The number of aromatic amines is 1. The lowest BCUT2D eigenvalue weighted by molar-refractivity contribution is 0.0788. The van der Waals surface area contributed by atoms with Gasteiger partial charge in [-0.3, -0.25) is 9.89 Å². The molecule has 2 aromatic heterocycles. The van der Waals surface area contributed by atoms with E-state index in [9.17, 15) is 4.79 Å². The molecule has 0 unspecified atom stereocenters. The Kier molecular flexibility index (Phi) is 4.57. The Hall–Kier alpha value is -2.74. The van der Waals surface area contributed by atoms with Crippen molar-refractivity contribution < 1.29 is 9.53 Å². The molecule has 8 heteroatoms. The molecule has 0 fully saturated rings. The van der Waals surface area contributed by atoms with Crippen LogP contribution in [0.5, 0.6) is 5.75 Å². The largest absolute Gasteiger partial charge is 0.496 e. The maximum Gasteiger partial charge on any atom is 0.265 e. The Morgan fingerprint density at radius 3 is 2.88 bits per heavy atom. The molecule has 0 radical (unpaired) electrons. The Morgan fingerprint density at radius 2 is 2.17 bits per heavy atom. The number of nitrogens with one attached hydrogen (secondary N) is 1. The zero-order chi connectivity index (χ0) is 17.1. The predicted molar refractivity (Wildman–Crippen MR) is 91.0 cm³/mol. The van der Waals surface area contributed by atoms with E-state index in [-0.39, 0.29) is 5.91 Å². The Balaban J connectivity index is 1.81. The summed E-state index contributed by atoms with van der Waals surface area (Å²) in [6, 6.07) is 7.66. The van der Waals surface area contributed by atoms with E-state index >= 15 is 0 Å². The average molecular weight is 343 g/mol. The third-order valence-corrected chi connectivity index (χ3v) is 4.71. The van der Waals surface area contributed by atoms with E-state index in [4.69, 9.17) is 4.74 Å². The molecule has 0 saturated heterocycles. The summed E-state index contributed by atoms with van der Waals surface area (Å²) in [5.74, 6) is 1.25. The summed E-state index contributed by atoms with van der Waals surface area (Å²) in [6.45, 7) is 2.28. The van der Waals surface area contributed by atoms with E-state index in [0.717, 1.165) is 11.3 Å². The van der Waals surface area contributed by atoms with Crippen LogP contribution in [-0.4, -0.2) is 45.1 Å². The first-order chi connectivity index (χ1) is 11.6. The van der Waals surface area contributed by atoms with Gasteiger partial charge in [-0.05, 0) is 13.0 Å². The molecule has 1 amide bonds. The van der Waals surface area contributed by atoms with Gasteiger partial charge in [0.1, 0.15) is 17.0 Å². The Labute approximate surface area is 143 Å². The van der Waals surface area contributed by atoms with Crippen molar-refractivity contribution in [1.29, 1.82) is 0 Å². The molecule has 1 N–H and O–H groups in total. The number of thiazole rings is 1. The first-order valence-corrected chi connectivity index (χ1v) is 8.12. The van der Waals surface area contributed by atoms with E-state index in [1.165, 1.54) is 17.7 Å². The molecule has 0 saturated carbocycles. The van der Waals surface area contributed by atoms with Crippen molar-refractivity contribution in [3.63, 3.8) is 0 Å². The van der Waals surface area contributed by atoms with Gasteiger partial charge in [-0.25, -0.2) is 9.97 Å². The summed E-state index contributed by atoms with van der Waals surface area (Å²) in [5.41, 5.74) is 1.64. The molecule has 0 aliphatic heterocycles. The van der Waals surface area contributed by atoms with Crippen molar-refractivity contribution in [3.8, 4) is 16.6 Å². The van der Waals surface area contributed by atoms with E-state index in [1.807, 2.05) is 31.2 Å². The molecule has 124 valence electrons. The lowest BCUT2D eigenvalue weighted by Gasteiger charge is -2.18. The van der Waals surface area contributed by atoms with Crippen LogP contribution in [0.2, 0.25) is 0 Å². The number of methoxy groups -OCH3 is 1. The highest BCUT2D eigenvalue weighted by Gasteiger charge is 2.21. The van der Waals surface area contributed by atoms with Gasteiger partial charge in [0.05, 0.1) is 12.8 Å². The second kappa shape index (κ2) is 6.79. The number of ether oxygens (including phenoxy) is 1. The number of para-hydroxylation sites is 1. The number of aryl methyl sites for hydroxylation is 1. The van der Waals surface area contributed by atoms with Gasteiger partial charge in [-0.1, -0.05) is 18.2 Å². The highest BCUT2D eigenvalue weighted by molar-refractivity contribution is 7.17. The minimum Gasteiger partial charge on any atom is -0.496 e. The van der Waals surface area contributed by atoms with Gasteiger partial charge >= 0.3 is 0 Å². The van der Waals surface area contributed by atoms with Gasteiger partial charge in [0.25, 0.3) is 5.91 Å². The van der Waals surface area contributed by atoms with E-state index in [1.54, 1.807) is 19.1 Å². The maximum atomic E-state index is 12.8. The van der Waals surface area contributed by atoms with Gasteiger partial charge in [-0.2, -0.15) is 5.10 Å². The molecule has 7 nitrogen and oxygen atoms in total. The van der Waals surface area contributed by atoms with Crippen LogP contribution in [-0.2, 0) is 6.54 Å². The van der Waals surface area contributed by atoms with Crippen LogP contribution in [0.1, 0.15) is 20.9 Å². The number of nitrogens with zero attached hydrogens (tertiary/aromatic N) is 4. The topological polar surface area (TPSA) is 84.0 Å². The second-order valence-electron chi connectivity index (χ2n) is 5.24. The van der Waals surface area contributed by atoms with Crippen LogP contribution in [0.15, 0.2) is 30.6 Å². The number of benzene rings is 1. The predicted octanol–water partition coefficient (Wildman–Crippen LogP) is 2.52. The summed E-state index contributed by atoms with van der Waals surface area (Å²) in [7, 11) is 3.39. The third-order valence-electron chi connectivity index (χ3n) is 3.56. The fourth-order valence-corrected chi connectivity index (χ4v) is 3.35. The molecule has 24 heavy (non-hydrogen) atoms. The molecular formula is C16H17N5O2S. The van der Waals surface area contributed by atoms with Crippen molar-refractivity contribution in [2.75, 3.05) is 14.2 Å². The van der Waals surface area contributed by atoms with Crippen molar-refractivity contribution in [1.82, 2.24) is 25.1 Å². The van der Waals surface area contributed by atoms with Crippen LogP contribution < -0.4 is 4.74 Å². The number of hydrogen-bond donors (Lipinski definition) is 1. The molecule has 0 spiro atoms. The molecule has 0 atom stereocenters. The summed E-state index contributed by atoms with van der Waals surface area (Å²) in [5, 5.41) is 7.23. The lowest BCUT2D eigenvalue weighted by atomic mass is 10.2. The average Bonchev–Trinajstić information content (AvgIpc) is 3.24. The second-order valence-corrected chi connectivity index (χ2v) is 6.24. The van der Waals surface area contributed by atoms with E-state index in [0.29, 0.717) is 27.9 Å². The number of amides is 1. The molecule has 3 aromatic rings. The number of rotatable bonds is 5. The number of hydrogen-bond acceptors (Lipinski definition) is 6. The molecule has 1 aromatic carbocycles. The minimum absolute atomic E-state index is 0.0818. The molecule has 3 rings (SSSR count). The summed E-state index contributed by atoms with van der Waals surface area (Å²) < 4.78 is 5.34. The lowest BCUT2D eigenvalue weighted by Crippen LogP contribution is -2.26. The minimum atomic E-state index is -0.0818. The highest BCUT2D eigenvalue weighted by Crippen LogP contribution is 2.27. The molecular weight excluding hydrogens is 326 g/mol. The van der Waals surface area contributed by atoms with Crippen molar-refractivity contribution in [2.45, 2.75) is 13.5 Å². The normalized spacial score (nSPS) is 10.6. The Bertz CT molecular complexity index is 844. The first-order valence-electron chi connectivity index (χ1n) is 7.30. The summed E-state index contributed by atoms with van der Waals surface area (Å²) >= 11 is 1.31. The summed E-state index contributed by atoms with van der Waals surface area (Å²) in [6.07, 6.45) is 1.42. The fraction of sp³-hybridized carbons (Fsp3) is 0.250. The van der Waals surface area contributed by atoms with Gasteiger partial charge in [0.15, 0.2) is 10.8 Å². The SMILES string of the molecule is COc1ccccc1CN(C)C(=O)c1sc(-c2ncn[nH]2)nc1C. The zero-order valence-electron chi connectivity index (χ0n) is 13.6. The van der Waals surface area contributed by atoms with Crippen LogP contribution in [0.4, 0.5) is 0 Å². The molecule has 0 aliphatic rings. The van der Waals surface area contributed by atoms with Crippen molar-refractivity contribution in [2.24, 2.45) is 0 Å². The van der Waals surface area contributed by atoms with Crippen molar-refractivity contribution >= 4 is 17.2 Å². The number of H-pyrrole nitrogens is 1. The number of aromatic nitrogens is 4. The zero-order valence-corrected chi connectivity index (χ0v) is 14.4. The fourth-order valence-electron chi connectivity index (χ4n) is 2.34. The van der Waals surface area contributed by atoms with Gasteiger partial charge in [-0.15, -0.1) is 11.3 Å². The standard InChI is InChI=1S/C16H17N5O2S/c1-10-13(24-15(19-10)14-17-9-18-20-14)16(22)21(2)8-11-6-4-5-7-12(11)23-3/h4-7,9H,8H2,1-3H3,(H,17,18,20). The van der Waals surface area contributed by atoms with E-state index < -0.39 is 0 Å². The van der Waals surface area contributed by atoms with Gasteiger partial charge in [0.2, 0.25) is 0 Å². The van der Waals surface area contributed by atoms with Crippen LogP contribution in [0, 0.1) is 6.92 Å². The van der Waals surface area contributed by atoms with Gasteiger partial charge < -0.3 is 9.64 Å². The monoisotopic (exact) mass is 343 g/mol. The van der Waals surface area contributed by atoms with Gasteiger partial charge in [0, 0.05) is 19.2 Å². The quantitative estimate of drug-likeness (QED) is 0.769. The molecule has 0 aliphatic carbocycles. The van der Waals surface area contributed by atoms with E-state index in [2.05, 4.69) is 20.2 Å². The maximum absolute atomic E-state index is 12.8. The first kappa shape index (κ1) is 16.1. The van der Waals surface area contributed by atoms with Crippen LogP contribution >= 0.6 is 11.3 Å². The molecule has 2 heterocycles.